The van der Waals surface area contributed by atoms with Gasteiger partial charge in [0.1, 0.15) is 5.76 Å². The number of thiazole rings is 1. The highest BCUT2D eigenvalue weighted by atomic mass is 32.1. The summed E-state index contributed by atoms with van der Waals surface area (Å²) in [4.78, 5) is 17.8. The Morgan fingerprint density at radius 1 is 1.50 bits per heavy atom. The minimum absolute atomic E-state index is 0.0368. The molecule has 2 aromatic heterocycles. The normalized spacial score (nSPS) is 13.4. The molecule has 0 radical (unpaired) electrons. The number of aryl methyl sites for hydroxylation is 3. The van der Waals surface area contributed by atoms with Crippen LogP contribution in [0.3, 0.4) is 0 Å². The van der Waals surface area contributed by atoms with Crippen LogP contribution < -0.4 is 5.32 Å². The maximum Gasteiger partial charge on any atom is 0.227 e. The maximum atomic E-state index is 11.7. The number of rotatable bonds is 5. The molecule has 0 saturated heterocycles. The lowest BCUT2D eigenvalue weighted by molar-refractivity contribution is -0.120. The van der Waals surface area contributed by atoms with Crippen LogP contribution in [0.4, 0.5) is 0 Å². The fraction of sp³-hybridized carbons (Fsp3) is 0.500. The van der Waals surface area contributed by atoms with Crippen molar-refractivity contribution < 1.29 is 9.32 Å². The highest BCUT2D eigenvalue weighted by Gasteiger charge is 2.16. The van der Waals surface area contributed by atoms with Crippen molar-refractivity contribution in [3.63, 3.8) is 0 Å². The Morgan fingerprint density at radius 3 is 3.15 bits per heavy atom. The van der Waals surface area contributed by atoms with Gasteiger partial charge in [0.15, 0.2) is 0 Å². The second-order valence-electron chi connectivity index (χ2n) is 5.04. The van der Waals surface area contributed by atoms with Crippen molar-refractivity contribution in [2.24, 2.45) is 0 Å². The lowest BCUT2D eigenvalue weighted by Crippen LogP contribution is -2.27. The third-order valence-electron chi connectivity index (χ3n) is 3.31. The van der Waals surface area contributed by atoms with E-state index in [9.17, 15) is 4.79 Å². The Balaban J connectivity index is 1.43. The molecule has 0 aromatic carbocycles. The van der Waals surface area contributed by atoms with Crippen molar-refractivity contribution in [3.8, 4) is 0 Å². The van der Waals surface area contributed by atoms with Crippen LogP contribution in [0.15, 0.2) is 10.6 Å². The van der Waals surface area contributed by atoms with Crippen LogP contribution in [0.25, 0.3) is 0 Å². The van der Waals surface area contributed by atoms with Gasteiger partial charge in [-0.1, -0.05) is 5.16 Å². The van der Waals surface area contributed by atoms with Crippen LogP contribution in [-0.4, -0.2) is 22.6 Å². The van der Waals surface area contributed by atoms with Crippen LogP contribution in [0.5, 0.6) is 0 Å². The van der Waals surface area contributed by atoms with Gasteiger partial charge in [0.2, 0.25) is 5.91 Å². The average Bonchev–Trinajstić information content (AvgIpc) is 3.05. The van der Waals surface area contributed by atoms with Crippen molar-refractivity contribution in [3.05, 3.63) is 33.1 Å². The van der Waals surface area contributed by atoms with Gasteiger partial charge in [-0.15, -0.1) is 11.3 Å². The summed E-state index contributed by atoms with van der Waals surface area (Å²) >= 11 is 1.79. The zero-order valence-electron chi connectivity index (χ0n) is 11.4. The summed E-state index contributed by atoms with van der Waals surface area (Å²) in [5.74, 6) is 0.568. The molecule has 0 aliphatic heterocycles. The molecule has 2 heterocycles. The minimum Gasteiger partial charge on any atom is -0.361 e. The molecular weight excluding hydrogens is 274 g/mol. The Bertz CT molecular complexity index is 596. The zero-order valence-corrected chi connectivity index (χ0v) is 12.3. The molecule has 1 aliphatic carbocycles. The van der Waals surface area contributed by atoms with Gasteiger partial charge in [-0.25, -0.2) is 4.98 Å². The van der Waals surface area contributed by atoms with Gasteiger partial charge < -0.3 is 9.84 Å². The smallest absolute Gasteiger partial charge is 0.227 e. The number of carbonyl (C=O) groups excluding carboxylic acids is 1. The van der Waals surface area contributed by atoms with Gasteiger partial charge in [0.05, 0.1) is 22.8 Å². The molecule has 1 N–H and O–H groups in total. The molecule has 0 saturated carbocycles. The molecule has 0 bridgehead atoms. The Labute approximate surface area is 121 Å². The summed E-state index contributed by atoms with van der Waals surface area (Å²) in [5.41, 5.74) is 2.07. The molecule has 0 fully saturated rings. The van der Waals surface area contributed by atoms with E-state index in [0.29, 0.717) is 12.3 Å². The predicted octanol–water partition coefficient (Wildman–Crippen LogP) is 1.83. The first-order valence-corrected chi connectivity index (χ1v) is 7.69. The SMILES string of the molecule is Cc1cc(CC(=O)NCCc2nc3c(s2)CCC3)on1. The molecule has 1 aliphatic rings. The quantitative estimate of drug-likeness (QED) is 0.912. The van der Waals surface area contributed by atoms with E-state index in [-0.39, 0.29) is 12.3 Å². The van der Waals surface area contributed by atoms with E-state index in [0.717, 1.165) is 23.5 Å². The summed E-state index contributed by atoms with van der Waals surface area (Å²) in [6.07, 6.45) is 4.57. The molecule has 3 rings (SSSR count). The molecule has 1 amide bonds. The van der Waals surface area contributed by atoms with E-state index in [2.05, 4.69) is 15.5 Å². The lowest BCUT2D eigenvalue weighted by Gasteiger charge is -2.01. The molecule has 5 nitrogen and oxygen atoms in total. The molecule has 0 atom stereocenters. The van der Waals surface area contributed by atoms with Gasteiger partial charge in [-0.3, -0.25) is 4.79 Å². The first-order valence-electron chi connectivity index (χ1n) is 6.87. The zero-order chi connectivity index (χ0) is 13.9. The van der Waals surface area contributed by atoms with Crippen molar-refractivity contribution >= 4 is 17.2 Å². The summed E-state index contributed by atoms with van der Waals surface area (Å²) < 4.78 is 5.02. The monoisotopic (exact) mass is 291 g/mol. The summed E-state index contributed by atoms with van der Waals surface area (Å²) in [6, 6.07) is 1.78. The third-order valence-corrected chi connectivity index (χ3v) is 4.53. The fourth-order valence-corrected chi connectivity index (χ4v) is 3.54. The fourth-order valence-electron chi connectivity index (χ4n) is 2.38. The van der Waals surface area contributed by atoms with Gasteiger partial charge in [0.25, 0.3) is 0 Å². The summed E-state index contributed by atoms with van der Waals surface area (Å²) in [5, 5.41) is 7.79. The van der Waals surface area contributed by atoms with E-state index in [1.165, 1.54) is 23.4 Å². The van der Waals surface area contributed by atoms with E-state index in [1.54, 1.807) is 17.4 Å². The Morgan fingerprint density at radius 2 is 2.40 bits per heavy atom. The summed E-state index contributed by atoms with van der Waals surface area (Å²) in [7, 11) is 0. The number of carbonyl (C=O) groups is 1. The predicted molar refractivity (Wildman–Crippen MR) is 75.8 cm³/mol. The second kappa shape index (κ2) is 5.75. The minimum atomic E-state index is -0.0368. The largest absolute Gasteiger partial charge is 0.361 e. The standard InChI is InChI=1S/C14H17N3O2S/c1-9-7-10(19-17-9)8-13(18)15-6-5-14-16-11-3-2-4-12(11)20-14/h7H,2-6,8H2,1H3,(H,15,18). The van der Waals surface area contributed by atoms with Crippen LogP contribution >= 0.6 is 11.3 Å². The molecule has 0 spiro atoms. The number of nitrogens with zero attached hydrogens (tertiary/aromatic N) is 2. The number of fused-ring (bicyclic) bond motifs is 1. The van der Waals surface area contributed by atoms with Gasteiger partial charge in [0, 0.05) is 23.9 Å². The first kappa shape index (κ1) is 13.3. The van der Waals surface area contributed by atoms with Crippen molar-refractivity contribution in [1.29, 1.82) is 0 Å². The van der Waals surface area contributed by atoms with Crippen LogP contribution in [0.1, 0.15) is 33.5 Å². The molecule has 20 heavy (non-hydrogen) atoms. The Kier molecular flexibility index (Phi) is 3.82. The van der Waals surface area contributed by atoms with E-state index >= 15 is 0 Å². The second-order valence-corrected chi connectivity index (χ2v) is 6.21. The first-order chi connectivity index (χ1) is 9.70. The van der Waals surface area contributed by atoms with Gasteiger partial charge in [-0.2, -0.15) is 0 Å². The van der Waals surface area contributed by atoms with Crippen molar-refractivity contribution in [2.45, 2.75) is 39.0 Å². The number of hydrogen-bond acceptors (Lipinski definition) is 5. The molecular formula is C14H17N3O2S. The maximum absolute atomic E-state index is 11.7. The third kappa shape index (κ3) is 3.07. The van der Waals surface area contributed by atoms with Crippen LogP contribution in [0, 0.1) is 6.92 Å². The highest BCUT2D eigenvalue weighted by molar-refractivity contribution is 7.11. The number of hydrogen-bond donors (Lipinski definition) is 1. The highest BCUT2D eigenvalue weighted by Crippen LogP contribution is 2.27. The van der Waals surface area contributed by atoms with Crippen LogP contribution in [-0.2, 0) is 30.5 Å². The topological polar surface area (TPSA) is 68.0 Å². The molecule has 0 unspecified atom stereocenters. The van der Waals surface area contributed by atoms with E-state index < -0.39 is 0 Å². The number of nitrogens with one attached hydrogen (secondary N) is 1. The summed E-state index contributed by atoms with van der Waals surface area (Å²) in [6.45, 7) is 2.46. The molecule has 106 valence electrons. The van der Waals surface area contributed by atoms with Gasteiger partial charge >= 0.3 is 0 Å². The average molecular weight is 291 g/mol. The van der Waals surface area contributed by atoms with E-state index in [1.807, 2.05) is 6.92 Å². The van der Waals surface area contributed by atoms with E-state index in [4.69, 9.17) is 4.52 Å². The number of aromatic nitrogens is 2. The number of amides is 1. The van der Waals surface area contributed by atoms with Crippen molar-refractivity contribution in [2.75, 3.05) is 6.54 Å². The Hall–Kier alpha value is -1.69. The lowest BCUT2D eigenvalue weighted by atomic mass is 10.3. The molecule has 6 heteroatoms. The van der Waals surface area contributed by atoms with Gasteiger partial charge in [-0.05, 0) is 26.2 Å². The molecule has 2 aromatic rings. The van der Waals surface area contributed by atoms with Crippen molar-refractivity contribution in [1.82, 2.24) is 15.5 Å². The van der Waals surface area contributed by atoms with Crippen LogP contribution in [0.2, 0.25) is 0 Å².